The van der Waals surface area contributed by atoms with Crippen molar-refractivity contribution in [3.05, 3.63) is 45.8 Å². The van der Waals surface area contributed by atoms with Crippen molar-refractivity contribution >= 4 is 27.7 Å². The quantitative estimate of drug-likeness (QED) is 0.770. The van der Waals surface area contributed by atoms with Crippen molar-refractivity contribution < 1.29 is 9.53 Å². The molecule has 0 radical (unpaired) electrons. The first-order chi connectivity index (χ1) is 10.5. The van der Waals surface area contributed by atoms with Gasteiger partial charge in [0.25, 0.3) is 5.91 Å². The SMILES string of the molecule is Cc1ccnc(C)c1CN1C(=O)[C@@H](C)Oc2ccc(Br)nc21. The van der Waals surface area contributed by atoms with Crippen LogP contribution < -0.4 is 9.64 Å². The van der Waals surface area contributed by atoms with Crippen LogP contribution in [0.4, 0.5) is 5.82 Å². The number of pyridine rings is 2. The topological polar surface area (TPSA) is 55.3 Å². The van der Waals surface area contributed by atoms with Gasteiger partial charge in [0, 0.05) is 11.9 Å². The minimum absolute atomic E-state index is 0.0965. The van der Waals surface area contributed by atoms with Crippen molar-refractivity contribution in [1.29, 1.82) is 0 Å². The van der Waals surface area contributed by atoms with Crippen LogP contribution in [-0.4, -0.2) is 22.0 Å². The number of amides is 1. The highest BCUT2D eigenvalue weighted by Gasteiger charge is 2.33. The molecule has 5 nitrogen and oxygen atoms in total. The fraction of sp³-hybridized carbons (Fsp3) is 0.312. The number of halogens is 1. The zero-order valence-electron chi connectivity index (χ0n) is 12.6. The van der Waals surface area contributed by atoms with Crippen LogP contribution in [0.25, 0.3) is 0 Å². The van der Waals surface area contributed by atoms with Crippen molar-refractivity contribution in [3.63, 3.8) is 0 Å². The summed E-state index contributed by atoms with van der Waals surface area (Å²) in [5.74, 6) is 1.07. The minimum Gasteiger partial charge on any atom is -0.477 e. The molecule has 2 aromatic heterocycles. The number of carbonyl (C=O) groups is 1. The summed E-state index contributed by atoms with van der Waals surface area (Å²) < 4.78 is 6.31. The molecule has 1 aliphatic heterocycles. The van der Waals surface area contributed by atoms with E-state index in [1.165, 1.54) is 0 Å². The van der Waals surface area contributed by atoms with Gasteiger partial charge in [0.05, 0.1) is 6.54 Å². The molecule has 0 bridgehead atoms. The standard InChI is InChI=1S/C16H16BrN3O2/c1-9-6-7-18-10(2)12(9)8-20-15-13(4-5-14(17)19-15)22-11(3)16(20)21/h4-7,11H,8H2,1-3H3/t11-/m1/s1. The predicted molar refractivity (Wildman–Crippen MR) is 86.9 cm³/mol. The third-order valence-corrected chi connectivity index (χ3v) is 4.24. The van der Waals surface area contributed by atoms with Gasteiger partial charge < -0.3 is 4.74 Å². The molecular formula is C16H16BrN3O2. The molecule has 0 aliphatic carbocycles. The average molecular weight is 362 g/mol. The van der Waals surface area contributed by atoms with Gasteiger partial charge in [-0.1, -0.05) is 0 Å². The molecule has 2 aromatic rings. The fourth-order valence-corrected chi connectivity index (χ4v) is 2.84. The van der Waals surface area contributed by atoms with Gasteiger partial charge in [-0.25, -0.2) is 4.98 Å². The Balaban J connectivity index is 2.06. The van der Waals surface area contributed by atoms with Crippen molar-refractivity contribution in [2.45, 2.75) is 33.4 Å². The molecule has 1 aliphatic rings. The van der Waals surface area contributed by atoms with Crippen LogP contribution in [0.15, 0.2) is 29.0 Å². The lowest BCUT2D eigenvalue weighted by molar-refractivity contribution is -0.125. The van der Waals surface area contributed by atoms with Crippen molar-refractivity contribution in [1.82, 2.24) is 9.97 Å². The van der Waals surface area contributed by atoms with Gasteiger partial charge in [0.2, 0.25) is 0 Å². The molecular weight excluding hydrogens is 346 g/mol. The summed E-state index contributed by atoms with van der Waals surface area (Å²) in [4.78, 5) is 23.0. The number of nitrogens with zero attached hydrogens (tertiary/aromatic N) is 3. The van der Waals surface area contributed by atoms with E-state index in [0.717, 1.165) is 16.8 Å². The molecule has 6 heteroatoms. The van der Waals surface area contributed by atoms with Crippen LogP contribution in [0, 0.1) is 13.8 Å². The zero-order valence-corrected chi connectivity index (χ0v) is 14.2. The van der Waals surface area contributed by atoms with E-state index < -0.39 is 6.10 Å². The van der Waals surface area contributed by atoms with E-state index in [1.807, 2.05) is 26.0 Å². The first-order valence-corrected chi connectivity index (χ1v) is 7.82. The Morgan fingerprint density at radius 1 is 1.32 bits per heavy atom. The lowest BCUT2D eigenvalue weighted by Gasteiger charge is -2.32. The first kappa shape index (κ1) is 15.0. The van der Waals surface area contributed by atoms with Gasteiger partial charge >= 0.3 is 0 Å². The minimum atomic E-state index is -0.521. The molecule has 0 N–H and O–H groups in total. The summed E-state index contributed by atoms with van der Waals surface area (Å²) in [6.45, 7) is 6.16. The number of carbonyl (C=O) groups excluding carboxylic acids is 1. The maximum absolute atomic E-state index is 12.6. The molecule has 0 saturated carbocycles. The Bertz CT molecular complexity index is 728. The van der Waals surface area contributed by atoms with Gasteiger partial charge in [0.1, 0.15) is 4.60 Å². The number of aromatic nitrogens is 2. The van der Waals surface area contributed by atoms with Crippen LogP contribution in [0.2, 0.25) is 0 Å². The van der Waals surface area contributed by atoms with Gasteiger partial charge in [0.15, 0.2) is 17.7 Å². The summed E-state index contributed by atoms with van der Waals surface area (Å²) in [7, 11) is 0. The maximum atomic E-state index is 12.6. The summed E-state index contributed by atoms with van der Waals surface area (Å²) in [6, 6.07) is 5.58. The molecule has 0 fully saturated rings. The molecule has 0 unspecified atom stereocenters. The summed E-state index contributed by atoms with van der Waals surface area (Å²) >= 11 is 3.35. The molecule has 3 heterocycles. The van der Waals surface area contributed by atoms with E-state index in [9.17, 15) is 4.79 Å². The number of rotatable bonds is 2. The van der Waals surface area contributed by atoms with Crippen LogP contribution in [0.1, 0.15) is 23.7 Å². The van der Waals surface area contributed by atoms with E-state index in [1.54, 1.807) is 24.1 Å². The smallest absolute Gasteiger partial charge is 0.269 e. The maximum Gasteiger partial charge on any atom is 0.269 e. The number of aryl methyl sites for hydroxylation is 2. The normalized spacial score (nSPS) is 17.2. The highest BCUT2D eigenvalue weighted by atomic mass is 79.9. The number of hydrogen-bond acceptors (Lipinski definition) is 4. The Hall–Kier alpha value is -1.95. The molecule has 114 valence electrons. The Morgan fingerprint density at radius 2 is 2.09 bits per heavy atom. The van der Waals surface area contributed by atoms with Gasteiger partial charge in [-0.05, 0) is 66.0 Å². The predicted octanol–water partition coefficient (Wildman–Crippen LogP) is 3.17. The van der Waals surface area contributed by atoms with Crippen molar-refractivity contribution in [2.24, 2.45) is 0 Å². The van der Waals surface area contributed by atoms with E-state index in [-0.39, 0.29) is 5.91 Å². The van der Waals surface area contributed by atoms with Crippen molar-refractivity contribution in [2.75, 3.05) is 4.90 Å². The van der Waals surface area contributed by atoms with Crippen LogP contribution in [0.5, 0.6) is 5.75 Å². The second kappa shape index (κ2) is 5.68. The number of hydrogen-bond donors (Lipinski definition) is 0. The number of fused-ring (bicyclic) bond motifs is 1. The van der Waals surface area contributed by atoms with Crippen LogP contribution >= 0.6 is 15.9 Å². The fourth-order valence-electron chi connectivity index (χ4n) is 2.54. The van der Waals surface area contributed by atoms with E-state index in [0.29, 0.717) is 22.7 Å². The third-order valence-electron chi connectivity index (χ3n) is 3.80. The molecule has 1 atom stereocenters. The van der Waals surface area contributed by atoms with Gasteiger partial charge in [-0.2, -0.15) is 0 Å². The number of ether oxygens (including phenoxy) is 1. The molecule has 0 saturated heterocycles. The van der Waals surface area contributed by atoms with E-state index >= 15 is 0 Å². The second-order valence-corrected chi connectivity index (χ2v) is 6.14. The van der Waals surface area contributed by atoms with Crippen LogP contribution in [0.3, 0.4) is 0 Å². The highest BCUT2D eigenvalue weighted by molar-refractivity contribution is 9.10. The summed E-state index contributed by atoms with van der Waals surface area (Å²) in [5.41, 5.74) is 3.07. The molecule has 3 rings (SSSR count). The Kier molecular flexibility index (Phi) is 3.87. The first-order valence-electron chi connectivity index (χ1n) is 7.03. The Labute approximate surface area is 137 Å². The highest BCUT2D eigenvalue weighted by Crippen LogP contribution is 2.34. The second-order valence-electron chi connectivity index (χ2n) is 5.33. The molecule has 1 amide bonds. The number of anilines is 1. The average Bonchev–Trinajstić information content (AvgIpc) is 2.47. The monoisotopic (exact) mass is 361 g/mol. The van der Waals surface area contributed by atoms with Gasteiger partial charge in [-0.15, -0.1) is 0 Å². The molecule has 0 spiro atoms. The third kappa shape index (κ3) is 2.59. The van der Waals surface area contributed by atoms with Crippen LogP contribution in [-0.2, 0) is 11.3 Å². The zero-order chi connectivity index (χ0) is 15.9. The Morgan fingerprint density at radius 3 is 2.82 bits per heavy atom. The largest absolute Gasteiger partial charge is 0.477 e. The van der Waals surface area contributed by atoms with E-state index in [2.05, 4.69) is 25.9 Å². The summed E-state index contributed by atoms with van der Waals surface area (Å²) in [5, 5.41) is 0. The summed E-state index contributed by atoms with van der Waals surface area (Å²) in [6.07, 6.45) is 1.26. The van der Waals surface area contributed by atoms with Crippen molar-refractivity contribution in [3.8, 4) is 5.75 Å². The molecule has 22 heavy (non-hydrogen) atoms. The van der Waals surface area contributed by atoms with E-state index in [4.69, 9.17) is 4.74 Å². The lowest BCUT2D eigenvalue weighted by Crippen LogP contribution is -2.44. The lowest BCUT2D eigenvalue weighted by atomic mass is 10.1. The van der Waals surface area contributed by atoms with Gasteiger partial charge in [-0.3, -0.25) is 14.7 Å². The molecule has 0 aromatic carbocycles.